The molecule has 9 nitrogen and oxygen atoms in total. The molecule has 224 valence electrons. The minimum absolute atomic E-state index is 0.000821. The van der Waals surface area contributed by atoms with Crippen molar-refractivity contribution in [2.24, 2.45) is 9.98 Å². The molecule has 0 radical (unpaired) electrons. The van der Waals surface area contributed by atoms with E-state index in [9.17, 15) is 18.0 Å². The van der Waals surface area contributed by atoms with Gasteiger partial charge in [-0.1, -0.05) is 24.6 Å². The molecular weight excluding hydrogens is 561 g/mol. The monoisotopic (exact) mass is 596 g/mol. The fourth-order valence-corrected chi connectivity index (χ4v) is 4.07. The van der Waals surface area contributed by atoms with Crippen LogP contribution in [0.2, 0.25) is 5.02 Å². The number of amides is 1. The Morgan fingerprint density at radius 1 is 1.22 bits per heavy atom. The van der Waals surface area contributed by atoms with Crippen LogP contribution in [0.4, 0.5) is 18.9 Å². The van der Waals surface area contributed by atoms with Gasteiger partial charge < -0.3 is 25.4 Å². The van der Waals surface area contributed by atoms with E-state index < -0.39 is 23.7 Å². The van der Waals surface area contributed by atoms with E-state index in [2.05, 4.69) is 31.3 Å². The Balaban J connectivity index is 1.76. The highest BCUT2D eigenvalue weighted by Crippen LogP contribution is 2.36. The Kier molecular flexibility index (Phi) is 11.7. The summed E-state index contributed by atoms with van der Waals surface area (Å²) < 4.78 is 53.3. The Bertz CT molecular complexity index is 1250. The van der Waals surface area contributed by atoms with Crippen LogP contribution >= 0.6 is 11.6 Å². The lowest BCUT2D eigenvalue weighted by Gasteiger charge is -2.25. The van der Waals surface area contributed by atoms with E-state index in [4.69, 9.17) is 21.1 Å². The van der Waals surface area contributed by atoms with Crippen molar-refractivity contribution in [3.63, 3.8) is 0 Å². The Morgan fingerprint density at radius 3 is 2.73 bits per heavy atom. The standard InChI is InChI=1S/C28H36ClF3N6O3/c1-5-33-10-11-35-18(2)21-8-7-20(13-22(21)28(30,31)32)38-26(39)19-6-9-23(29)24(12-19)41-25-14-40-15-27(3,4)37-17-34-16-36-25/h6-9,12-13,16,18,33,35,37H,5,10-11,14-15,17H2,1-4H3,(H,38,39)/b34-16-,36-25?. The Hall–Kier alpha value is -3.03. The van der Waals surface area contributed by atoms with Crippen molar-refractivity contribution in [2.45, 2.75) is 45.5 Å². The summed E-state index contributed by atoms with van der Waals surface area (Å²) >= 11 is 6.30. The van der Waals surface area contributed by atoms with Crippen LogP contribution in [0.1, 0.15) is 55.2 Å². The minimum atomic E-state index is -4.61. The number of ether oxygens (including phenoxy) is 2. The second-order valence-corrected chi connectivity index (χ2v) is 10.5. The van der Waals surface area contributed by atoms with E-state index in [1.807, 2.05) is 20.8 Å². The summed E-state index contributed by atoms with van der Waals surface area (Å²) in [4.78, 5) is 21.3. The van der Waals surface area contributed by atoms with Crippen LogP contribution in [0.25, 0.3) is 0 Å². The number of carbonyl (C=O) groups is 1. The SMILES string of the molecule is CCNCCNC(C)c1ccc(NC(=O)c2ccc(Cl)c(OC3=N/C=N\CNC(C)(C)COC3)c2)cc1C(F)(F)F. The molecule has 1 amide bonds. The van der Waals surface area contributed by atoms with E-state index in [-0.39, 0.29) is 45.6 Å². The van der Waals surface area contributed by atoms with Gasteiger partial charge in [0, 0.05) is 35.9 Å². The van der Waals surface area contributed by atoms with Crippen molar-refractivity contribution in [1.29, 1.82) is 0 Å². The number of carbonyl (C=O) groups excluding carboxylic acids is 1. The lowest BCUT2D eigenvalue weighted by atomic mass is 10.00. The second kappa shape index (κ2) is 14.7. The van der Waals surface area contributed by atoms with Gasteiger partial charge in [-0.05, 0) is 63.2 Å². The predicted octanol–water partition coefficient (Wildman–Crippen LogP) is 5.03. The van der Waals surface area contributed by atoms with E-state index in [1.165, 1.54) is 36.7 Å². The molecule has 4 N–H and O–H groups in total. The normalized spacial score (nSPS) is 17.3. The van der Waals surface area contributed by atoms with E-state index in [0.717, 1.165) is 12.6 Å². The molecule has 2 aromatic carbocycles. The fraction of sp³-hybridized carbons (Fsp3) is 0.464. The molecule has 13 heteroatoms. The van der Waals surface area contributed by atoms with Gasteiger partial charge in [-0.3, -0.25) is 15.1 Å². The summed E-state index contributed by atoms with van der Waals surface area (Å²) in [7, 11) is 0. The van der Waals surface area contributed by atoms with Crippen molar-refractivity contribution in [3.05, 3.63) is 58.1 Å². The summed E-state index contributed by atoms with van der Waals surface area (Å²) in [5, 5.41) is 12.2. The molecule has 1 unspecified atom stereocenters. The van der Waals surface area contributed by atoms with Crippen molar-refractivity contribution in [1.82, 2.24) is 16.0 Å². The quantitative estimate of drug-likeness (QED) is 0.302. The zero-order chi connectivity index (χ0) is 30.0. The fourth-order valence-electron chi connectivity index (χ4n) is 3.92. The molecular formula is C28H36ClF3N6O3. The van der Waals surface area contributed by atoms with Gasteiger partial charge in [-0.25, -0.2) is 4.99 Å². The van der Waals surface area contributed by atoms with Gasteiger partial charge in [0.05, 0.1) is 23.9 Å². The van der Waals surface area contributed by atoms with Crippen molar-refractivity contribution >= 4 is 35.4 Å². The van der Waals surface area contributed by atoms with Crippen LogP contribution in [-0.4, -0.2) is 63.2 Å². The first-order chi connectivity index (χ1) is 19.4. The maximum absolute atomic E-state index is 13.9. The third-order valence-electron chi connectivity index (χ3n) is 6.13. The number of anilines is 1. The number of nitrogens with one attached hydrogen (secondary N) is 4. The van der Waals surface area contributed by atoms with E-state index in [0.29, 0.717) is 26.4 Å². The summed E-state index contributed by atoms with van der Waals surface area (Å²) in [6.07, 6.45) is -3.28. The molecule has 1 aliphatic rings. The molecule has 1 aliphatic heterocycles. The Labute approximate surface area is 243 Å². The molecule has 3 rings (SSSR count). The average Bonchev–Trinajstić information content (AvgIpc) is 2.91. The van der Waals surface area contributed by atoms with Crippen LogP contribution < -0.4 is 26.0 Å². The molecule has 1 atom stereocenters. The van der Waals surface area contributed by atoms with Crippen LogP contribution in [0.5, 0.6) is 5.75 Å². The van der Waals surface area contributed by atoms with Crippen LogP contribution in [0.15, 0.2) is 46.4 Å². The largest absolute Gasteiger partial charge is 0.439 e. The number of nitrogens with zero attached hydrogens (tertiary/aromatic N) is 2. The summed E-state index contributed by atoms with van der Waals surface area (Å²) in [5.74, 6) is -0.333. The first kappa shape index (κ1) is 32.5. The number of alkyl halides is 3. The van der Waals surface area contributed by atoms with Crippen molar-refractivity contribution in [3.8, 4) is 5.75 Å². The average molecular weight is 597 g/mol. The zero-order valence-corrected chi connectivity index (χ0v) is 24.2. The van der Waals surface area contributed by atoms with E-state index >= 15 is 0 Å². The van der Waals surface area contributed by atoms with Crippen LogP contribution in [0, 0.1) is 0 Å². The number of halogens is 4. The summed E-state index contributed by atoms with van der Waals surface area (Å²) in [5.41, 5.74) is -0.930. The molecule has 0 aliphatic carbocycles. The molecule has 0 fully saturated rings. The van der Waals surface area contributed by atoms with Crippen LogP contribution in [-0.2, 0) is 10.9 Å². The maximum Gasteiger partial charge on any atom is 0.416 e. The number of aliphatic imine (C=N–C) groups is 2. The zero-order valence-electron chi connectivity index (χ0n) is 23.5. The molecule has 0 saturated carbocycles. The molecule has 2 aromatic rings. The smallest absolute Gasteiger partial charge is 0.416 e. The molecule has 41 heavy (non-hydrogen) atoms. The van der Waals surface area contributed by atoms with E-state index in [1.54, 1.807) is 6.92 Å². The van der Waals surface area contributed by atoms with Crippen molar-refractivity contribution < 1.29 is 27.4 Å². The second-order valence-electron chi connectivity index (χ2n) is 10.1. The van der Waals surface area contributed by atoms with Gasteiger partial charge in [-0.2, -0.15) is 13.2 Å². The lowest BCUT2D eigenvalue weighted by molar-refractivity contribution is -0.138. The molecule has 0 spiro atoms. The number of likely N-dealkylation sites (N-methyl/N-ethyl adjacent to an activating group) is 1. The molecule has 0 aromatic heterocycles. The lowest BCUT2D eigenvalue weighted by Crippen LogP contribution is -2.44. The number of benzene rings is 2. The van der Waals surface area contributed by atoms with Crippen molar-refractivity contribution in [2.75, 3.05) is 44.8 Å². The van der Waals surface area contributed by atoms with Gasteiger partial charge in [-0.15, -0.1) is 0 Å². The number of hydrogen-bond donors (Lipinski definition) is 4. The topological polar surface area (TPSA) is 108 Å². The van der Waals surface area contributed by atoms with Gasteiger partial charge >= 0.3 is 6.18 Å². The molecule has 1 heterocycles. The predicted molar refractivity (Wildman–Crippen MR) is 155 cm³/mol. The summed E-state index contributed by atoms with van der Waals surface area (Å²) in [6.45, 7) is 10.2. The van der Waals surface area contributed by atoms with Gasteiger partial charge in [0.25, 0.3) is 5.91 Å². The number of rotatable bonds is 9. The Morgan fingerprint density at radius 2 is 2.00 bits per heavy atom. The highest BCUT2D eigenvalue weighted by molar-refractivity contribution is 6.32. The third-order valence-corrected chi connectivity index (χ3v) is 6.44. The van der Waals surface area contributed by atoms with Gasteiger partial charge in [0.2, 0.25) is 5.90 Å². The maximum atomic E-state index is 13.9. The summed E-state index contributed by atoms with van der Waals surface area (Å²) in [6, 6.07) is 7.49. The minimum Gasteiger partial charge on any atom is -0.439 e. The van der Waals surface area contributed by atoms with Gasteiger partial charge in [0.1, 0.15) is 18.7 Å². The highest BCUT2D eigenvalue weighted by atomic mass is 35.5. The molecule has 0 bridgehead atoms. The third kappa shape index (κ3) is 10.1. The molecule has 0 saturated heterocycles. The number of hydrogen-bond acceptors (Lipinski definition) is 8. The van der Waals surface area contributed by atoms with Crippen LogP contribution in [0.3, 0.4) is 0 Å². The highest BCUT2D eigenvalue weighted by Gasteiger charge is 2.35. The first-order valence-corrected chi connectivity index (χ1v) is 13.6. The first-order valence-electron chi connectivity index (χ1n) is 13.2. The van der Waals surface area contributed by atoms with Gasteiger partial charge in [0.15, 0.2) is 0 Å².